The van der Waals surface area contributed by atoms with Crippen molar-refractivity contribution in [2.24, 2.45) is 0 Å². The maximum absolute atomic E-state index is 12.5. The van der Waals surface area contributed by atoms with Crippen LogP contribution in [0.4, 0.5) is 0 Å². The summed E-state index contributed by atoms with van der Waals surface area (Å²) in [5.41, 5.74) is 0.810. The van der Waals surface area contributed by atoms with Gasteiger partial charge >= 0.3 is 0 Å². The van der Waals surface area contributed by atoms with E-state index in [-0.39, 0.29) is 11.9 Å². The second kappa shape index (κ2) is 5.68. The number of thiazole rings is 1. The van der Waals surface area contributed by atoms with E-state index in [9.17, 15) is 4.79 Å². The molecule has 3 heterocycles. The minimum absolute atomic E-state index is 0.0682. The molecule has 1 fully saturated rings. The predicted octanol–water partition coefficient (Wildman–Crippen LogP) is 1.64. The number of piperazine rings is 1. The van der Waals surface area contributed by atoms with Gasteiger partial charge in [0.25, 0.3) is 5.91 Å². The molecule has 1 aliphatic rings. The van der Waals surface area contributed by atoms with Crippen LogP contribution in [-0.2, 0) is 0 Å². The summed E-state index contributed by atoms with van der Waals surface area (Å²) in [5, 5.41) is 4.07. The number of pyridine rings is 1. The van der Waals surface area contributed by atoms with Gasteiger partial charge in [0.15, 0.2) is 0 Å². The van der Waals surface area contributed by atoms with Crippen LogP contribution in [0.15, 0.2) is 30.6 Å². The number of nitrogens with one attached hydrogen (secondary N) is 1. The van der Waals surface area contributed by atoms with Crippen LogP contribution < -0.4 is 5.32 Å². The van der Waals surface area contributed by atoms with Crippen LogP contribution in [0.3, 0.4) is 0 Å². The molecule has 5 nitrogen and oxygen atoms in total. The molecule has 0 aliphatic carbocycles. The molecule has 1 N–H and O–H groups in total. The number of hydrogen-bond acceptors (Lipinski definition) is 5. The Morgan fingerprint density at radius 2 is 2.35 bits per heavy atom. The molecule has 1 amide bonds. The van der Waals surface area contributed by atoms with Gasteiger partial charge in [-0.25, -0.2) is 4.98 Å². The van der Waals surface area contributed by atoms with Crippen molar-refractivity contribution in [2.75, 3.05) is 19.6 Å². The van der Waals surface area contributed by atoms with Crippen molar-refractivity contribution in [3.63, 3.8) is 0 Å². The first-order valence-corrected chi connectivity index (χ1v) is 7.46. The SMILES string of the molecule is C[C@@H]1CNCCN1C(=O)c1cnc(-c2ccccn2)s1. The van der Waals surface area contributed by atoms with Crippen LogP contribution in [0.2, 0.25) is 0 Å². The zero-order valence-corrected chi connectivity index (χ0v) is 12.1. The first-order valence-electron chi connectivity index (χ1n) is 6.64. The third kappa shape index (κ3) is 2.57. The molecule has 1 saturated heterocycles. The third-order valence-electron chi connectivity index (χ3n) is 3.36. The summed E-state index contributed by atoms with van der Waals surface area (Å²) in [6.07, 6.45) is 3.39. The summed E-state index contributed by atoms with van der Waals surface area (Å²) in [6, 6.07) is 5.91. The minimum Gasteiger partial charge on any atom is -0.333 e. The van der Waals surface area contributed by atoms with E-state index < -0.39 is 0 Å². The molecule has 0 spiro atoms. The van der Waals surface area contributed by atoms with Gasteiger partial charge in [0, 0.05) is 31.9 Å². The van der Waals surface area contributed by atoms with E-state index in [1.165, 1.54) is 11.3 Å². The summed E-state index contributed by atoms with van der Waals surface area (Å²) < 4.78 is 0. The second-order valence-corrected chi connectivity index (χ2v) is 5.83. The molecule has 6 heteroatoms. The van der Waals surface area contributed by atoms with Gasteiger partial charge < -0.3 is 10.2 Å². The van der Waals surface area contributed by atoms with E-state index in [1.54, 1.807) is 12.4 Å². The number of carbonyl (C=O) groups excluding carboxylic acids is 1. The number of amides is 1. The lowest BCUT2D eigenvalue weighted by atomic mass is 10.2. The van der Waals surface area contributed by atoms with E-state index in [4.69, 9.17) is 0 Å². The summed E-state index contributed by atoms with van der Waals surface area (Å²) in [7, 11) is 0. The Bertz CT molecular complexity index is 598. The van der Waals surface area contributed by atoms with Crippen molar-refractivity contribution < 1.29 is 4.79 Å². The Balaban J connectivity index is 1.81. The van der Waals surface area contributed by atoms with E-state index >= 15 is 0 Å². The molecular weight excluding hydrogens is 272 g/mol. The molecule has 0 aromatic carbocycles. The van der Waals surface area contributed by atoms with Crippen LogP contribution >= 0.6 is 11.3 Å². The standard InChI is InChI=1S/C14H16N4OS/c1-10-8-15-6-7-18(10)14(19)12-9-17-13(20-12)11-4-2-3-5-16-11/h2-5,9-10,15H,6-8H2,1H3/t10-/m1/s1. The van der Waals surface area contributed by atoms with Gasteiger partial charge in [-0.2, -0.15) is 0 Å². The first kappa shape index (κ1) is 13.2. The highest BCUT2D eigenvalue weighted by atomic mass is 32.1. The van der Waals surface area contributed by atoms with Crippen molar-refractivity contribution >= 4 is 17.2 Å². The van der Waals surface area contributed by atoms with Crippen molar-refractivity contribution in [1.82, 2.24) is 20.2 Å². The topological polar surface area (TPSA) is 58.1 Å². The zero-order valence-electron chi connectivity index (χ0n) is 11.2. The normalized spacial score (nSPS) is 19.1. The van der Waals surface area contributed by atoms with E-state index in [0.717, 1.165) is 30.3 Å². The Kier molecular flexibility index (Phi) is 3.75. The molecule has 2 aromatic rings. The van der Waals surface area contributed by atoms with Crippen LogP contribution in [0, 0.1) is 0 Å². The zero-order chi connectivity index (χ0) is 13.9. The highest BCUT2D eigenvalue weighted by molar-refractivity contribution is 7.16. The van der Waals surface area contributed by atoms with Crippen molar-refractivity contribution in [3.05, 3.63) is 35.5 Å². The third-order valence-corrected chi connectivity index (χ3v) is 4.37. The number of rotatable bonds is 2. The number of nitrogens with zero attached hydrogens (tertiary/aromatic N) is 3. The number of hydrogen-bond donors (Lipinski definition) is 1. The molecular formula is C14H16N4OS. The lowest BCUT2D eigenvalue weighted by molar-refractivity contribution is 0.0660. The van der Waals surface area contributed by atoms with Crippen LogP contribution in [0.5, 0.6) is 0 Å². The smallest absolute Gasteiger partial charge is 0.265 e. The fraction of sp³-hybridized carbons (Fsp3) is 0.357. The fourth-order valence-electron chi connectivity index (χ4n) is 2.26. The van der Waals surface area contributed by atoms with E-state index in [2.05, 4.69) is 22.2 Å². The van der Waals surface area contributed by atoms with Crippen molar-refractivity contribution in [1.29, 1.82) is 0 Å². The van der Waals surface area contributed by atoms with Crippen LogP contribution in [0.25, 0.3) is 10.7 Å². The molecule has 3 rings (SSSR count). The Morgan fingerprint density at radius 3 is 3.10 bits per heavy atom. The second-order valence-electron chi connectivity index (χ2n) is 4.80. The van der Waals surface area contributed by atoms with Gasteiger partial charge in [0.1, 0.15) is 9.88 Å². The summed E-state index contributed by atoms with van der Waals surface area (Å²) >= 11 is 1.40. The van der Waals surface area contributed by atoms with Crippen LogP contribution in [-0.4, -0.2) is 46.5 Å². The Morgan fingerprint density at radius 1 is 1.45 bits per heavy atom. The molecule has 0 saturated carbocycles. The minimum atomic E-state index is 0.0682. The average molecular weight is 288 g/mol. The summed E-state index contributed by atoms with van der Waals surface area (Å²) in [4.78, 5) is 23.7. The molecule has 20 heavy (non-hydrogen) atoms. The number of aromatic nitrogens is 2. The molecule has 2 aromatic heterocycles. The maximum atomic E-state index is 12.5. The van der Waals surface area contributed by atoms with Gasteiger partial charge in [-0.15, -0.1) is 11.3 Å². The quantitative estimate of drug-likeness (QED) is 0.912. The lowest BCUT2D eigenvalue weighted by Gasteiger charge is -2.33. The number of carbonyl (C=O) groups is 1. The van der Waals surface area contributed by atoms with Gasteiger partial charge in [-0.05, 0) is 19.1 Å². The summed E-state index contributed by atoms with van der Waals surface area (Å²) in [5.74, 6) is 0.0682. The average Bonchev–Trinajstić information content (AvgIpc) is 2.98. The first-order chi connectivity index (χ1) is 9.75. The predicted molar refractivity (Wildman–Crippen MR) is 78.7 cm³/mol. The Labute approximate surface area is 121 Å². The lowest BCUT2D eigenvalue weighted by Crippen LogP contribution is -2.52. The highest BCUT2D eigenvalue weighted by Crippen LogP contribution is 2.24. The highest BCUT2D eigenvalue weighted by Gasteiger charge is 2.25. The van der Waals surface area contributed by atoms with Gasteiger partial charge in [-0.1, -0.05) is 6.07 Å². The molecule has 1 aliphatic heterocycles. The summed E-state index contributed by atoms with van der Waals surface area (Å²) in [6.45, 7) is 4.50. The largest absolute Gasteiger partial charge is 0.333 e. The molecule has 104 valence electrons. The van der Waals surface area contributed by atoms with Gasteiger partial charge in [0.05, 0.1) is 11.9 Å². The van der Waals surface area contributed by atoms with Gasteiger partial charge in [-0.3, -0.25) is 9.78 Å². The molecule has 0 unspecified atom stereocenters. The van der Waals surface area contributed by atoms with Gasteiger partial charge in [0.2, 0.25) is 0 Å². The van der Waals surface area contributed by atoms with Crippen molar-refractivity contribution in [2.45, 2.75) is 13.0 Å². The van der Waals surface area contributed by atoms with Crippen molar-refractivity contribution in [3.8, 4) is 10.7 Å². The monoisotopic (exact) mass is 288 g/mol. The Hall–Kier alpha value is -1.79. The maximum Gasteiger partial charge on any atom is 0.265 e. The van der Waals surface area contributed by atoms with E-state index in [0.29, 0.717) is 4.88 Å². The molecule has 0 radical (unpaired) electrons. The molecule has 0 bridgehead atoms. The van der Waals surface area contributed by atoms with E-state index in [1.807, 2.05) is 23.1 Å². The van der Waals surface area contributed by atoms with Crippen LogP contribution in [0.1, 0.15) is 16.6 Å². The molecule has 1 atom stereocenters. The fourth-order valence-corrected chi connectivity index (χ4v) is 3.11.